The highest BCUT2D eigenvalue weighted by Crippen LogP contribution is 2.29. The first kappa shape index (κ1) is 12.3. The zero-order chi connectivity index (χ0) is 13.6. The van der Waals surface area contributed by atoms with Gasteiger partial charge in [-0.2, -0.15) is 5.10 Å². The fourth-order valence-corrected chi connectivity index (χ4v) is 3.14. The van der Waals surface area contributed by atoms with Gasteiger partial charge in [0.05, 0.1) is 16.1 Å². The lowest BCUT2D eigenvalue weighted by molar-refractivity contribution is 0.103. The molecule has 0 atom stereocenters. The first-order valence-electron chi connectivity index (χ1n) is 5.47. The van der Waals surface area contributed by atoms with Crippen molar-refractivity contribution in [3.63, 3.8) is 0 Å². The first-order valence-corrected chi connectivity index (χ1v) is 6.67. The van der Waals surface area contributed by atoms with E-state index in [0.717, 1.165) is 4.70 Å². The highest BCUT2D eigenvalue weighted by atomic mass is 35.5. The summed E-state index contributed by atoms with van der Waals surface area (Å²) in [5.41, 5.74) is 0.341. The standard InChI is InChI=1S/C13H8ClFN2OS/c1-17-12(9(14)6-16-17)13(18)11-5-7-4-8(15)2-3-10(7)19-11/h2-6H,1H3. The predicted octanol–water partition coefficient (Wildman–Crippen LogP) is 3.66. The van der Waals surface area contributed by atoms with Crippen LogP contribution >= 0.6 is 22.9 Å². The van der Waals surface area contributed by atoms with Crippen LogP contribution in [0, 0.1) is 5.82 Å². The van der Waals surface area contributed by atoms with E-state index in [1.165, 1.54) is 34.3 Å². The van der Waals surface area contributed by atoms with Crippen LogP contribution in [0.4, 0.5) is 4.39 Å². The topological polar surface area (TPSA) is 34.9 Å². The number of hydrogen-bond acceptors (Lipinski definition) is 3. The molecule has 0 bridgehead atoms. The zero-order valence-corrected chi connectivity index (χ0v) is 11.4. The van der Waals surface area contributed by atoms with E-state index in [9.17, 15) is 9.18 Å². The highest BCUT2D eigenvalue weighted by Gasteiger charge is 2.19. The molecule has 1 aromatic carbocycles. The van der Waals surface area contributed by atoms with Crippen LogP contribution < -0.4 is 0 Å². The molecule has 96 valence electrons. The third-order valence-corrected chi connectivity index (χ3v) is 4.20. The van der Waals surface area contributed by atoms with Crippen LogP contribution in [0.25, 0.3) is 10.1 Å². The molecule has 0 fully saturated rings. The van der Waals surface area contributed by atoms with E-state index in [-0.39, 0.29) is 11.6 Å². The molecule has 3 nitrogen and oxygen atoms in total. The summed E-state index contributed by atoms with van der Waals surface area (Å²) in [6.07, 6.45) is 1.43. The molecule has 3 aromatic rings. The second-order valence-electron chi connectivity index (χ2n) is 4.09. The van der Waals surface area contributed by atoms with Crippen molar-refractivity contribution >= 4 is 38.8 Å². The summed E-state index contributed by atoms with van der Waals surface area (Å²) in [4.78, 5) is 12.9. The largest absolute Gasteiger partial charge is 0.286 e. The van der Waals surface area contributed by atoms with E-state index in [4.69, 9.17) is 11.6 Å². The maximum Gasteiger partial charge on any atom is 0.222 e. The Labute approximate surface area is 117 Å². The Kier molecular flexibility index (Phi) is 2.88. The molecule has 0 spiro atoms. The van der Waals surface area contributed by atoms with E-state index < -0.39 is 0 Å². The number of aromatic nitrogens is 2. The number of hydrogen-bond donors (Lipinski definition) is 0. The minimum Gasteiger partial charge on any atom is -0.286 e. The molecule has 6 heteroatoms. The predicted molar refractivity (Wildman–Crippen MR) is 73.4 cm³/mol. The van der Waals surface area contributed by atoms with E-state index in [1.807, 2.05) is 0 Å². The summed E-state index contributed by atoms with van der Waals surface area (Å²) in [5, 5.41) is 4.97. The van der Waals surface area contributed by atoms with Gasteiger partial charge in [-0.25, -0.2) is 4.39 Å². The average Bonchev–Trinajstić information content (AvgIpc) is 2.92. The molecule has 0 aliphatic carbocycles. The van der Waals surface area contributed by atoms with Gasteiger partial charge in [0.2, 0.25) is 5.78 Å². The third-order valence-electron chi connectivity index (χ3n) is 2.81. The van der Waals surface area contributed by atoms with Crippen molar-refractivity contribution < 1.29 is 9.18 Å². The van der Waals surface area contributed by atoms with E-state index in [1.54, 1.807) is 19.2 Å². The molecule has 19 heavy (non-hydrogen) atoms. The van der Waals surface area contributed by atoms with Gasteiger partial charge in [0, 0.05) is 11.7 Å². The van der Waals surface area contributed by atoms with Gasteiger partial charge >= 0.3 is 0 Å². The lowest BCUT2D eigenvalue weighted by Gasteiger charge is -1.98. The lowest BCUT2D eigenvalue weighted by atomic mass is 10.2. The Balaban J connectivity index is 2.12. The van der Waals surface area contributed by atoms with Crippen LogP contribution in [0.2, 0.25) is 5.02 Å². The molecule has 0 unspecified atom stereocenters. The van der Waals surface area contributed by atoms with Crippen molar-refractivity contribution in [1.29, 1.82) is 0 Å². The van der Waals surface area contributed by atoms with Gasteiger partial charge in [0.1, 0.15) is 11.5 Å². The molecule has 3 rings (SSSR count). The van der Waals surface area contributed by atoms with Gasteiger partial charge in [-0.15, -0.1) is 11.3 Å². The summed E-state index contributed by atoms with van der Waals surface area (Å²) < 4.78 is 15.4. The molecule has 0 aliphatic rings. The quantitative estimate of drug-likeness (QED) is 0.676. The SMILES string of the molecule is Cn1ncc(Cl)c1C(=O)c1cc2cc(F)ccc2s1. The molecule has 2 heterocycles. The smallest absolute Gasteiger partial charge is 0.222 e. The number of nitrogens with zero attached hydrogens (tertiary/aromatic N) is 2. The number of rotatable bonds is 2. The van der Waals surface area contributed by atoms with Crippen molar-refractivity contribution in [2.45, 2.75) is 0 Å². The van der Waals surface area contributed by atoms with Gasteiger partial charge in [-0.1, -0.05) is 11.6 Å². The highest BCUT2D eigenvalue weighted by molar-refractivity contribution is 7.21. The number of halogens is 2. The number of carbonyl (C=O) groups excluding carboxylic acids is 1. The Morgan fingerprint density at radius 1 is 1.42 bits per heavy atom. The first-order chi connectivity index (χ1) is 9.06. The van der Waals surface area contributed by atoms with Crippen molar-refractivity contribution in [3.8, 4) is 0 Å². The zero-order valence-electron chi connectivity index (χ0n) is 9.85. The Hall–Kier alpha value is -1.72. The Bertz CT molecular complexity index is 774. The van der Waals surface area contributed by atoms with Crippen LogP contribution in [-0.4, -0.2) is 15.6 Å². The summed E-state index contributed by atoms with van der Waals surface area (Å²) in [6, 6.07) is 6.13. The molecular formula is C13H8ClFN2OS. The fourth-order valence-electron chi connectivity index (χ4n) is 1.91. The summed E-state index contributed by atoms with van der Waals surface area (Å²) in [6.45, 7) is 0. The maximum atomic E-state index is 13.1. The number of ketones is 1. The third kappa shape index (κ3) is 2.05. The van der Waals surface area contributed by atoms with Crippen molar-refractivity contribution in [3.05, 3.63) is 51.9 Å². The maximum absolute atomic E-state index is 13.1. The minimum absolute atomic E-state index is 0.202. The van der Waals surface area contributed by atoms with Crippen LogP contribution in [0.5, 0.6) is 0 Å². The Morgan fingerprint density at radius 3 is 2.89 bits per heavy atom. The molecule has 0 radical (unpaired) electrons. The molecule has 0 saturated heterocycles. The molecule has 0 saturated carbocycles. The van der Waals surface area contributed by atoms with Gasteiger partial charge in [-0.3, -0.25) is 9.48 Å². The van der Waals surface area contributed by atoms with Gasteiger partial charge in [0.25, 0.3) is 0 Å². The molecule has 2 aromatic heterocycles. The summed E-state index contributed by atoms with van der Waals surface area (Å²) >= 11 is 7.27. The second kappa shape index (κ2) is 4.43. The van der Waals surface area contributed by atoms with Crippen molar-refractivity contribution in [1.82, 2.24) is 9.78 Å². The van der Waals surface area contributed by atoms with Crippen LogP contribution in [0.3, 0.4) is 0 Å². The average molecular weight is 295 g/mol. The van der Waals surface area contributed by atoms with Crippen LogP contribution in [-0.2, 0) is 7.05 Å². The van der Waals surface area contributed by atoms with Crippen LogP contribution in [0.1, 0.15) is 15.4 Å². The number of carbonyl (C=O) groups is 1. The lowest BCUT2D eigenvalue weighted by Crippen LogP contribution is -2.07. The molecule has 0 amide bonds. The number of fused-ring (bicyclic) bond motifs is 1. The van der Waals surface area contributed by atoms with E-state index in [0.29, 0.717) is 21.0 Å². The molecule has 0 N–H and O–H groups in total. The van der Waals surface area contributed by atoms with E-state index >= 15 is 0 Å². The Morgan fingerprint density at radius 2 is 2.21 bits per heavy atom. The van der Waals surface area contributed by atoms with Gasteiger partial charge in [-0.05, 0) is 29.7 Å². The molecule has 0 aliphatic heterocycles. The number of thiophene rings is 1. The number of benzene rings is 1. The van der Waals surface area contributed by atoms with E-state index in [2.05, 4.69) is 5.10 Å². The fraction of sp³-hybridized carbons (Fsp3) is 0.0769. The monoisotopic (exact) mass is 294 g/mol. The van der Waals surface area contributed by atoms with Gasteiger partial charge in [0.15, 0.2) is 0 Å². The minimum atomic E-state index is -0.317. The second-order valence-corrected chi connectivity index (χ2v) is 5.58. The van der Waals surface area contributed by atoms with Crippen molar-refractivity contribution in [2.75, 3.05) is 0 Å². The normalized spacial score (nSPS) is 11.1. The van der Waals surface area contributed by atoms with Gasteiger partial charge < -0.3 is 0 Å². The summed E-state index contributed by atoms with van der Waals surface area (Å²) in [5.74, 6) is -0.519. The van der Waals surface area contributed by atoms with Crippen molar-refractivity contribution in [2.24, 2.45) is 7.05 Å². The van der Waals surface area contributed by atoms with Crippen LogP contribution in [0.15, 0.2) is 30.5 Å². The summed E-state index contributed by atoms with van der Waals surface area (Å²) in [7, 11) is 1.66. The molecular weight excluding hydrogens is 287 g/mol. The number of aryl methyl sites for hydroxylation is 1.